The van der Waals surface area contributed by atoms with Gasteiger partial charge in [0.05, 0.1) is 5.60 Å². The third-order valence-electron chi connectivity index (χ3n) is 4.75. The molecule has 0 aromatic heterocycles. The Hall–Kier alpha value is -0.120. The summed E-state index contributed by atoms with van der Waals surface area (Å²) in [5, 5.41) is 0. The predicted molar refractivity (Wildman–Crippen MR) is 75.7 cm³/mol. The van der Waals surface area contributed by atoms with E-state index in [0.717, 1.165) is 19.7 Å². The second-order valence-corrected chi connectivity index (χ2v) is 6.36. The summed E-state index contributed by atoms with van der Waals surface area (Å²) in [5.41, 5.74) is 5.98. The van der Waals surface area contributed by atoms with Gasteiger partial charge in [-0.15, -0.1) is 0 Å². The van der Waals surface area contributed by atoms with Crippen molar-refractivity contribution in [3.63, 3.8) is 0 Å². The second kappa shape index (κ2) is 6.36. The SMILES string of the molecule is CC(C)N(CCN)C1CCOC2(CCCCC2)C1. The molecule has 0 aromatic rings. The van der Waals surface area contributed by atoms with Crippen LogP contribution in [0.3, 0.4) is 0 Å². The number of rotatable bonds is 4. The van der Waals surface area contributed by atoms with E-state index in [-0.39, 0.29) is 5.60 Å². The van der Waals surface area contributed by atoms with Crippen molar-refractivity contribution < 1.29 is 4.74 Å². The normalized spacial score (nSPS) is 28.2. The summed E-state index contributed by atoms with van der Waals surface area (Å²) < 4.78 is 6.19. The Bertz CT molecular complexity index is 243. The van der Waals surface area contributed by atoms with Gasteiger partial charge < -0.3 is 10.5 Å². The first-order chi connectivity index (χ1) is 8.67. The molecular formula is C15H30N2O. The molecule has 106 valence electrons. The van der Waals surface area contributed by atoms with Gasteiger partial charge in [0.2, 0.25) is 0 Å². The van der Waals surface area contributed by atoms with Crippen molar-refractivity contribution in [1.29, 1.82) is 0 Å². The van der Waals surface area contributed by atoms with Crippen molar-refractivity contribution in [3.8, 4) is 0 Å². The van der Waals surface area contributed by atoms with Crippen LogP contribution in [0.2, 0.25) is 0 Å². The molecule has 1 aliphatic heterocycles. The van der Waals surface area contributed by atoms with Crippen LogP contribution in [0.5, 0.6) is 0 Å². The number of hydrogen-bond donors (Lipinski definition) is 1. The van der Waals surface area contributed by atoms with Crippen LogP contribution in [0.25, 0.3) is 0 Å². The molecule has 1 saturated heterocycles. The molecule has 2 rings (SSSR count). The summed E-state index contributed by atoms with van der Waals surface area (Å²) >= 11 is 0. The molecule has 1 aliphatic carbocycles. The van der Waals surface area contributed by atoms with E-state index in [0.29, 0.717) is 12.1 Å². The van der Waals surface area contributed by atoms with Gasteiger partial charge >= 0.3 is 0 Å². The van der Waals surface area contributed by atoms with Gasteiger partial charge in [-0.05, 0) is 39.5 Å². The second-order valence-electron chi connectivity index (χ2n) is 6.36. The van der Waals surface area contributed by atoms with E-state index < -0.39 is 0 Å². The van der Waals surface area contributed by atoms with Gasteiger partial charge in [-0.1, -0.05) is 19.3 Å². The van der Waals surface area contributed by atoms with Crippen molar-refractivity contribution in [2.75, 3.05) is 19.7 Å². The summed E-state index contributed by atoms with van der Waals surface area (Å²) in [6, 6.07) is 1.28. The minimum absolute atomic E-state index is 0.211. The van der Waals surface area contributed by atoms with E-state index >= 15 is 0 Å². The average Bonchev–Trinajstić information content (AvgIpc) is 2.36. The van der Waals surface area contributed by atoms with Crippen LogP contribution in [0, 0.1) is 0 Å². The molecule has 18 heavy (non-hydrogen) atoms. The van der Waals surface area contributed by atoms with Crippen molar-refractivity contribution in [2.24, 2.45) is 5.73 Å². The third kappa shape index (κ3) is 3.25. The maximum Gasteiger partial charge on any atom is 0.0697 e. The Morgan fingerprint density at radius 3 is 2.61 bits per heavy atom. The van der Waals surface area contributed by atoms with Crippen molar-refractivity contribution >= 4 is 0 Å². The van der Waals surface area contributed by atoms with Gasteiger partial charge in [-0.25, -0.2) is 0 Å². The van der Waals surface area contributed by atoms with Gasteiger partial charge in [0.25, 0.3) is 0 Å². The van der Waals surface area contributed by atoms with Crippen LogP contribution in [0.15, 0.2) is 0 Å². The summed E-state index contributed by atoms with van der Waals surface area (Å²) in [6.45, 7) is 7.32. The van der Waals surface area contributed by atoms with Crippen LogP contribution in [-0.4, -0.2) is 42.3 Å². The lowest BCUT2D eigenvalue weighted by Gasteiger charge is -2.47. The Balaban J connectivity index is 1.99. The lowest BCUT2D eigenvalue weighted by Crippen LogP contribution is -2.52. The fraction of sp³-hybridized carbons (Fsp3) is 1.00. The smallest absolute Gasteiger partial charge is 0.0697 e. The van der Waals surface area contributed by atoms with Crippen LogP contribution in [0.4, 0.5) is 0 Å². The average molecular weight is 254 g/mol. The predicted octanol–water partition coefficient (Wildman–Crippen LogP) is 2.54. The highest BCUT2D eigenvalue weighted by Gasteiger charge is 2.40. The fourth-order valence-electron chi connectivity index (χ4n) is 3.84. The first-order valence-electron chi connectivity index (χ1n) is 7.77. The molecule has 0 bridgehead atoms. The molecule has 1 unspecified atom stereocenters. The molecule has 1 atom stereocenters. The molecule has 1 spiro atoms. The molecule has 0 radical (unpaired) electrons. The molecule has 2 fully saturated rings. The first kappa shape index (κ1) is 14.3. The number of nitrogens with zero attached hydrogens (tertiary/aromatic N) is 1. The van der Waals surface area contributed by atoms with Crippen molar-refractivity contribution in [3.05, 3.63) is 0 Å². The Morgan fingerprint density at radius 1 is 1.28 bits per heavy atom. The highest BCUT2D eigenvalue weighted by Crippen LogP contribution is 2.40. The Labute approximate surface area is 112 Å². The monoisotopic (exact) mass is 254 g/mol. The minimum atomic E-state index is 0.211. The zero-order valence-corrected chi connectivity index (χ0v) is 12.2. The lowest BCUT2D eigenvalue weighted by molar-refractivity contribution is -0.126. The van der Waals surface area contributed by atoms with E-state index in [1.807, 2.05) is 0 Å². The topological polar surface area (TPSA) is 38.5 Å². The first-order valence-corrected chi connectivity index (χ1v) is 7.77. The molecule has 2 N–H and O–H groups in total. The molecular weight excluding hydrogens is 224 g/mol. The Morgan fingerprint density at radius 2 is 2.00 bits per heavy atom. The summed E-state index contributed by atoms with van der Waals surface area (Å²) in [4.78, 5) is 2.60. The maximum absolute atomic E-state index is 6.19. The van der Waals surface area contributed by atoms with Crippen LogP contribution >= 0.6 is 0 Å². The zero-order chi connectivity index (χ0) is 13.0. The molecule has 3 heteroatoms. The number of nitrogens with two attached hydrogens (primary N) is 1. The zero-order valence-electron chi connectivity index (χ0n) is 12.2. The maximum atomic E-state index is 6.19. The largest absolute Gasteiger partial charge is 0.375 e. The summed E-state index contributed by atoms with van der Waals surface area (Å²) in [7, 11) is 0. The molecule has 0 amide bonds. The van der Waals surface area contributed by atoms with E-state index in [1.54, 1.807) is 0 Å². The standard InChI is InChI=1S/C15H30N2O/c1-13(2)17(10-9-16)14-6-11-18-15(12-14)7-4-3-5-8-15/h13-14H,3-12,16H2,1-2H3. The van der Waals surface area contributed by atoms with Crippen LogP contribution in [-0.2, 0) is 4.74 Å². The van der Waals surface area contributed by atoms with E-state index in [2.05, 4.69) is 18.7 Å². The van der Waals surface area contributed by atoms with Crippen LogP contribution in [0.1, 0.15) is 58.8 Å². The summed E-state index contributed by atoms with van der Waals surface area (Å²) in [5.74, 6) is 0. The van der Waals surface area contributed by atoms with E-state index in [1.165, 1.54) is 44.9 Å². The molecule has 1 heterocycles. The van der Waals surface area contributed by atoms with Gasteiger partial charge in [0.15, 0.2) is 0 Å². The highest BCUT2D eigenvalue weighted by molar-refractivity contribution is 4.93. The van der Waals surface area contributed by atoms with Gasteiger partial charge in [0, 0.05) is 31.8 Å². The molecule has 2 aliphatic rings. The van der Waals surface area contributed by atoms with Crippen molar-refractivity contribution in [1.82, 2.24) is 4.90 Å². The fourth-order valence-corrected chi connectivity index (χ4v) is 3.84. The van der Waals surface area contributed by atoms with E-state index in [9.17, 15) is 0 Å². The van der Waals surface area contributed by atoms with E-state index in [4.69, 9.17) is 10.5 Å². The van der Waals surface area contributed by atoms with Gasteiger partial charge in [-0.2, -0.15) is 0 Å². The highest BCUT2D eigenvalue weighted by atomic mass is 16.5. The molecule has 3 nitrogen and oxygen atoms in total. The van der Waals surface area contributed by atoms with Gasteiger partial charge in [0.1, 0.15) is 0 Å². The van der Waals surface area contributed by atoms with Crippen molar-refractivity contribution in [2.45, 2.75) is 76.5 Å². The lowest BCUT2D eigenvalue weighted by atomic mass is 9.77. The quantitative estimate of drug-likeness (QED) is 0.838. The minimum Gasteiger partial charge on any atom is -0.375 e. The summed E-state index contributed by atoms with van der Waals surface area (Å²) in [6.07, 6.45) is 9.06. The molecule has 1 saturated carbocycles. The molecule has 0 aromatic carbocycles. The number of ether oxygens (including phenoxy) is 1. The Kier molecular flexibility index (Phi) is 5.05. The van der Waals surface area contributed by atoms with Gasteiger partial charge in [-0.3, -0.25) is 4.90 Å². The number of hydrogen-bond acceptors (Lipinski definition) is 3. The van der Waals surface area contributed by atoms with Crippen LogP contribution < -0.4 is 5.73 Å². The third-order valence-corrected chi connectivity index (χ3v) is 4.75.